The first kappa shape index (κ1) is 15.6. The fourth-order valence-electron chi connectivity index (χ4n) is 2.46. The van der Waals surface area contributed by atoms with Gasteiger partial charge in [0.1, 0.15) is 11.1 Å². The maximum absolute atomic E-state index is 12.3. The summed E-state index contributed by atoms with van der Waals surface area (Å²) in [5, 5.41) is 7.96. The molecule has 0 aliphatic carbocycles. The SMILES string of the molecule is CC(C(=O)NCc1cccs1)N1CCOC(c2nccs2)C1. The standard InChI is InChI=1S/C15H19N3O2S2/c1-11(14(19)17-9-12-3-2-7-21-12)18-5-6-20-13(10-18)15-16-4-8-22-15/h2-4,7-8,11,13H,5-6,9-10H2,1H3,(H,17,19). The van der Waals surface area contributed by atoms with Crippen molar-refractivity contribution in [2.75, 3.05) is 19.7 Å². The number of hydrogen-bond donors (Lipinski definition) is 1. The monoisotopic (exact) mass is 337 g/mol. The molecule has 22 heavy (non-hydrogen) atoms. The van der Waals surface area contributed by atoms with Crippen LogP contribution in [-0.2, 0) is 16.1 Å². The lowest BCUT2D eigenvalue weighted by Gasteiger charge is -2.35. The largest absolute Gasteiger partial charge is 0.368 e. The summed E-state index contributed by atoms with van der Waals surface area (Å²) >= 11 is 3.25. The Morgan fingerprint density at radius 2 is 2.45 bits per heavy atom. The van der Waals surface area contributed by atoms with E-state index in [1.165, 1.54) is 4.88 Å². The molecule has 2 aromatic rings. The third-order valence-electron chi connectivity index (χ3n) is 3.77. The minimum atomic E-state index is -0.161. The van der Waals surface area contributed by atoms with Crippen molar-refractivity contribution in [3.05, 3.63) is 39.0 Å². The summed E-state index contributed by atoms with van der Waals surface area (Å²) < 4.78 is 5.78. The molecule has 3 heterocycles. The van der Waals surface area contributed by atoms with Crippen LogP contribution in [-0.4, -0.2) is 41.5 Å². The van der Waals surface area contributed by atoms with Crippen LogP contribution in [0.4, 0.5) is 0 Å². The molecule has 1 N–H and O–H groups in total. The van der Waals surface area contributed by atoms with Gasteiger partial charge in [-0.05, 0) is 18.4 Å². The zero-order valence-electron chi connectivity index (χ0n) is 12.4. The number of rotatable bonds is 5. The maximum atomic E-state index is 12.3. The average molecular weight is 337 g/mol. The first-order chi connectivity index (χ1) is 10.7. The van der Waals surface area contributed by atoms with Gasteiger partial charge in [-0.2, -0.15) is 0 Å². The molecule has 118 valence electrons. The summed E-state index contributed by atoms with van der Waals surface area (Å²) in [4.78, 5) is 20.0. The van der Waals surface area contributed by atoms with Crippen LogP contribution in [0.5, 0.6) is 0 Å². The Bertz CT molecular complexity index is 586. The lowest BCUT2D eigenvalue weighted by atomic mass is 10.2. The molecule has 1 amide bonds. The maximum Gasteiger partial charge on any atom is 0.237 e. The van der Waals surface area contributed by atoms with Crippen LogP contribution < -0.4 is 5.32 Å². The first-order valence-corrected chi connectivity index (χ1v) is 9.05. The van der Waals surface area contributed by atoms with Crippen molar-refractivity contribution in [3.8, 4) is 0 Å². The molecule has 5 nitrogen and oxygen atoms in total. The van der Waals surface area contributed by atoms with Crippen molar-refractivity contribution in [1.29, 1.82) is 0 Å². The molecular weight excluding hydrogens is 318 g/mol. The number of nitrogens with zero attached hydrogens (tertiary/aromatic N) is 2. The lowest BCUT2D eigenvalue weighted by Crippen LogP contribution is -2.50. The number of carbonyl (C=O) groups excluding carboxylic acids is 1. The fourth-order valence-corrected chi connectivity index (χ4v) is 3.79. The number of thiophene rings is 1. The molecule has 0 spiro atoms. The van der Waals surface area contributed by atoms with Gasteiger partial charge < -0.3 is 10.1 Å². The van der Waals surface area contributed by atoms with Crippen LogP contribution in [0.2, 0.25) is 0 Å². The molecule has 1 aliphatic heterocycles. The highest BCUT2D eigenvalue weighted by molar-refractivity contribution is 7.10. The minimum absolute atomic E-state index is 0.0266. The van der Waals surface area contributed by atoms with Crippen molar-refractivity contribution >= 4 is 28.6 Å². The normalized spacial score (nSPS) is 20.7. The molecule has 3 rings (SSSR count). The highest BCUT2D eigenvalue weighted by atomic mass is 32.1. The van der Waals surface area contributed by atoms with E-state index in [0.717, 1.165) is 11.6 Å². The minimum Gasteiger partial charge on any atom is -0.368 e. The molecule has 1 fully saturated rings. The number of nitrogens with one attached hydrogen (secondary N) is 1. The second-order valence-corrected chi connectivity index (χ2v) is 7.16. The van der Waals surface area contributed by atoms with Crippen LogP contribution in [0.3, 0.4) is 0 Å². The van der Waals surface area contributed by atoms with Crippen molar-refractivity contribution in [2.45, 2.75) is 25.6 Å². The highest BCUT2D eigenvalue weighted by Gasteiger charge is 2.29. The van der Waals surface area contributed by atoms with Gasteiger partial charge >= 0.3 is 0 Å². The van der Waals surface area contributed by atoms with Gasteiger partial charge in [0.2, 0.25) is 5.91 Å². The number of ether oxygens (including phenoxy) is 1. The van der Waals surface area contributed by atoms with Gasteiger partial charge in [0.05, 0.1) is 19.2 Å². The molecule has 1 saturated heterocycles. The summed E-state index contributed by atoms with van der Waals surface area (Å²) in [6, 6.07) is 3.87. The van der Waals surface area contributed by atoms with Crippen LogP contribution in [0.15, 0.2) is 29.1 Å². The predicted molar refractivity (Wildman–Crippen MR) is 88.0 cm³/mol. The molecule has 0 aromatic carbocycles. The van der Waals surface area contributed by atoms with E-state index < -0.39 is 0 Å². The Hall–Kier alpha value is -1.28. The van der Waals surface area contributed by atoms with Gasteiger partial charge in [-0.15, -0.1) is 22.7 Å². The summed E-state index contributed by atoms with van der Waals surface area (Å²) in [7, 11) is 0. The topological polar surface area (TPSA) is 54.5 Å². The third-order valence-corrected chi connectivity index (χ3v) is 5.51. The van der Waals surface area contributed by atoms with E-state index in [4.69, 9.17) is 4.74 Å². The quantitative estimate of drug-likeness (QED) is 0.909. The summed E-state index contributed by atoms with van der Waals surface area (Å²) in [5.74, 6) is 0.0631. The van der Waals surface area contributed by atoms with E-state index in [2.05, 4.69) is 15.2 Å². The van der Waals surface area contributed by atoms with E-state index in [1.807, 2.05) is 29.8 Å². The highest BCUT2D eigenvalue weighted by Crippen LogP contribution is 2.24. The van der Waals surface area contributed by atoms with Crippen molar-refractivity contribution in [1.82, 2.24) is 15.2 Å². The lowest BCUT2D eigenvalue weighted by molar-refractivity contribution is -0.129. The molecule has 0 bridgehead atoms. The zero-order chi connectivity index (χ0) is 15.4. The van der Waals surface area contributed by atoms with E-state index in [1.54, 1.807) is 28.9 Å². The Morgan fingerprint density at radius 1 is 1.55 bits per heavy atom. The first-order valence-electron chi connectivity index (χ1n) is 7.29. The molecule has 2 unspecified atom stereocenters. The molecular formula is C15H19N3O2S2. The Morgan fingerprint density at radius 3 is 3.18 bits per heavy atom. The third kappa shape index (κ3) is 3.73. The Balaban J connectivity index is 1.54. The van der Waals surface area contributed by atoms with E-state index in [0.29, 0.717) is 19.7 Å². The number of carbonyl (C=O) groups is 1. The van der Waals surface area contributed by atoms with Crippen LogP contribution >= 0.6 is 22.7 Å². The van der Waals surface area contributed by atoms with E-state index in [-0.39, 0.29) is 18.1 Å². The van der Waals surface area contributed by atoms with Gasteiger partial charge in [-0.25, -0.2) is 4.98 Å². The summed E-state index contributed by atoms with van der Waals surface area (Å²) in [6.07, 6.45) is 1.76. The van der Waals surface area contributed by atoms with Crippen molar-refractivity contribution in [3.63, 3.8) is 0 Å². The Labute approximate surface area is 137 Å². The number of amides is 1. The van der Waals surface area contributed by atoms with Crippen LogP contribution in [0.1, 0.15) is 22.9 Å². The number of aromatic nitrogens is 1. The molecule has 2 atom stereocenters. The van der Waals surface area contributed by atoms with Gasteiger partial charge in [-0.1, -0.05) is 6.07 Å². The summed E-state index contributed by atoms with van der Waals surface area (Å²) in [6.45, 7) is 4.67. The predicted octanol–water partition coefficient (Wildman–Crippen LogP) is 2.28. The van der Waals surface area contributed by atoms with Crippen molar-refractivity contribution < 1.29 is 9.53 Å². The van der Waals surface area contributed by atoms with Gasteiger partial charge in [0, 0.05) is 29.5 Å². The second-order valence-electron chi connectivity index (χ2n) is 5.20. The number of hydrogen-bond acceptors (Lipinski definition) is 6. The number of thiazole rings is 1. The van der Waals surface area contributed by atoms with Gasteiger partial charge in [0.25, 0.3) is 0 Å². The van der Waals surface area contributed by atoms with E-state index in [9.17, 15) is 4.79 Å². The van der Waals surface area contributed by atoms with Crippen molar-refractivity contribution in [2.24, 2.45) is 0 Å². The molecule has 0 saturated carbocycles. The number of morpholine rings is 1. The smallest absolute Gasteiger partial charge is 0.237 e. The second kappa shape index (κ2) is 7.32. The Kier molecular flexibility index (Phi) is 5.20. The average Bonchev–Trinajstić information content (AvgIpc) is 3.25. The van der Waals surface area contributed by atoms with Gasteiger partial charge in [0.15, 0.2) is 0 Å². The van der Waals surface area contributed by atoms with Crippen LogP contribution in [0, 0.1) is 0 Å². The molecule has 2 aromatic heterocycles. The van der Waals surface area contributed by atoms with Gasteiger partial charge in [-0.3, -0.25) is 9.69 Å². The van der Waals surface area contributed by atoms with E-state index >= 15 is 0 Å². The molecule has 7 heteroatoms. The fraction of sp³-hybridized carbons (Fsp3) is 0.467. The van der Waals surface area contributed by atoms with Crippen LogP contribution in [0.25, 0.3) is 0 Å². The molecule has 1 aliphatic rings. The molecule has 0 radical (unpaired) electrons. The zero-order valence-corrected chi connectivity index (χ0v) is 14.0. The summed E-state index contributed by atoms with van der Waals surface area (Å²) in [5.41, 5.74) is 0.